The van der Waals surface area contributed by atoms with Crippen LogP contribution in [-0.2, 0) is 38.0 Å². The minimum atomic E-state index is -1.76. The SMILES string of the molecule is CCCCCCCCC/C=C\CCCCCCCCCC(=O)OC(COC(=O)CCCCCCCCCC)COC1OC(COC2OC(CO)C(O)C(O)C2O)C(O)C(O)C1O. The number of allylic oxidation sites excluding steroid dienone is 2. The molecule has 0 spiro atoms. The molecular weight excluding hydrogens is 805 g/mol. The van der Waals surface area contributed by atoms with Crippen LogP contribution in [0.4, 0.5) is 0 Å². The van der Waals surface area contributed by atoms with E-state index in [1.807, 2.05) is 0 Å². The van der Waals surface area contributed by atoms with Gasteiger partial charge in [-0.15, -0.1) is 0 Å². The van der Waals surface area contributed by atoms with Crippen LogP contribution >= 0.6 is 0 Å². The third-order valence-corrected chi connectivity index (χ3v) is 11.7. The average molecular weight is 891 g/mol. The number of carbonyl (C=O) groups is 2. The maximum Gasteiger partial charge on any atom is 0.306 e. The number of unbranched alkanes of at least 4 members (excludes halogenated alkanes) is 21. The Balaban J connectivity index is 1.80. The molecule has 11 atom stereocenters. The lowest BCUT2D eigenvalue weighted by Crippen LogP contribution is -2.61. The Morgan fingerprint density at radius 1 is 0.500 bits per heavy atom. The van der Waals surface area contributed by atoms with Crippen molar-refractivity contribution >= 4 is 11.9 Å². The van der Waals surface area contributed by atoms with Crippen molar-refractivity contribution in [2.24, 2.45) is 0 Å². The number of ether oxygens (including phenoxy) is 6. The molecule has 2 fully saturated rings. The first-order valence-corrected chi connectivity index (χ1v) is 24.3. The van der Waals surface area contributed by atoms with E-state index in [1.165, 1.54) is 89.9 Å². The van der Waals surface area contributed by atoms with Gasteiger partial charge in [-0.25, -0.2) is 0 Å². The van der Waals surface area contributed by atoms with Crippen molar-refractivity contribution in [3.8, 4) is 0 Å². The van der Waals surface area contributed by atoms with Crippen LogP contribution in [0.3, 0.4) is 0 Å². The predicted molar refractivity (Wildman–Crippen MR) is 234 cm³/mol. The van der Waals surface area contributed by atoms with Gasteiger partial charge in [-0.3, -0.25) is 9.59 Å². The van der Waals surface area contributed by atoms with Crippen LogP contribution in [0.15, 0.2) is 12.2 Å². The number of aliphatic hydroxyl groups is 7. The zero-order chi connectivity index (χ0) is 45.4. The summed E-state index contributed by atoms with van der Waals surface area (Å²) in [5.41, 5.74) is 0. The lowest BCUT2D eigenvalue weighted by molar-refractivity contribution is -0.332. The molecule has 0 aromatic rings. The fourth-order valence-electron chi connectivity index (χ4n) is 7.68. The van der Waals surface area contributed by atoms with Crippen molar-refractivity contribution in [1.29, 1.82) is 0 Å². The van der Waals surface area contributed by atoms with E-state index in [2.05, 4.69) is 26.0 Å². The molecule has 0 aromatic carbocycles. The summed E-state index contributed by atoms with van der Waals surface area (Å²) in [6, 6.07) is 0. The van der Waals surface area contributed by atoms with Gasteiger partial charge in [-0.05, 0) is 38.5 Å². The van der Waals surface area contributed by atoms with E-state index in [-0.39, 0.29) is 26.1 Å². The Kier molecular flexibility index (Phi) is 32.3. The van der Waals surface area contributed by atoms with Gasteiger partial charge in [0.25, 0.3) is 0 Å². The molecule has 0 saturated carbocycles. The predicted octanol–water partition coefficient (Wildman–Crippen LogP) is 5.82. The van der Waals surface area contributed by atoms with Crippen molar-refractivity contribution in [2.45, 2.75) is 248 Å². The molecule has 7 N–H and O–H groups in total. The molecule has 62 heavy (non-hydrogen) atoms. The van der Waals surface area contributed by atoms with Crippen molar-refractivity contribution in [3.05, 3.63) is 12.2 Å². The van der Waals surface area contributed by atoms with E-state index in [4.69, 9.17) is 28.4 Å². The fraction of sp³-hybridized carbons (Fsp3) is 0.915. The molecule has 0 amide bonds. The average Bonchev–Trinajstić information content (AvgIpc) is 3.26. The molecular formula is C47H86O15. The highest BCUT2D eigenvalue weighted by molar-refractivity contribution is 5.70. The molecule has 0 aromatic heterocycles. The number of esters is 2. The van der Waals surface area contributed by atoms with Crippen LogP contribution in [0, 0.1) is 0 Å². The van der Waals surface area contributed by atoms with Gasteiger partial charge in [-0.1, -0.05) is 142 Å². The molecule has 2 heterocycles. The minimum absolute atomic E-state index is 0.164. The fourth-order valence-corrected chi connectivity index (χ4v) is 7.68. The van der Waals surface area contributed by atoms with E-state index >= 15 is 0 Å². The van der Waals surface area contributed by atoms with Crippen LogP contribution < -0.4 is 0 Å². The summed E-state index contributed by atoms with van der Waals surface area (Å²) in [6.45, 7) is 2.55. The van der Waals surface area contributed by atoms with Crippen molar-refractivity contribution in [3.63, 3.8) is 0 Å². The summed E-state index contributed by atoms with van der Waals surface area (Å²) in [7, 11) is 0. The first-order valence-electron chi connectivity index (χ1n) is 24.3. The Morgan fingerprint density at radius 2 is 0.919 bits per heavy atom. The van der Waals surface area contributed by atoms with Crippen LogP contribution in [0.1, 0.15) is 181 Å². The quantitative estimate of drug-likeness (QED) is 0.0221. The van der Waals surface area contributed by atoms with E-state index in [0.29, 0.717) is 12.8 Å². The maximum atomic E-state index is 12.9. The summed E-state index contributed by atoms with van der Waals surface area (Å²) in [6.07, 6.45) is 15.5. The van der Waals surface area contributed by atoms with E-state index in [1.54, 1.807) is 0 Å². The molecule has 0 bridgehead atoms. The summed E-state index contributed by atoms with van der Waals surface area (Å²) in [5, 5.41) is 71.8. The number of rotatable bonds is 37. The number of hydrogen-bond acceptors (Lipinski definition) is 15. The first kappa shape index (κ1) is 56.4. The van der Waals surface area contributed by atoms with Gasteiger partial charge in [0, 0.05) is 12.8 Å². The molecule has 2 aliphatic rings. The second kappa shape index (κ2) is 35.5. The first-order chi connectivity index (χ1) is 30.0. The Labute approximate surface area is 371 Å². The lowest BCUT2D eigenvalue weighted by Gasteiger charge is -2.42. The van der Waals surface area contributed by atoms with Crippen LogP contribution in [0.5, 0.6) is 0 Å². The highest BCUT2D eigenvalue weighted by atomic mass is 16.7. The largest absolute Gasteiger partial charge is 0.462 e. The molecule has 2 aliphatic heterocycles. The number of carbonyl (C=O) groups excluding carboxylic acids is 2. The third kappa shape index (κ3) is 24.0. The van der Waals surface area contributed by atoms with Crippen molar-refractivity contribution in [1.82, 2.24) is 0 Å². The van der Waals surface area contributed by atoms with Gasteiger partial charge in [0.2, 0.25) is 0 Å². The van der Waals surface area contributed by atoms with Crippen molar-refractivity contribution in [2.75, 3.05) is 26.4 Å². The third-order valence-electron chi connectivity index (χ3n) is 11.7. The van der Waals surface area contributed by atoms with Gasteiger partial charge >= 0.3 is 11.9 Å². The number of hydrogen-bond donors (Lipinski definition) is 7. The standard InChI is InChI=1S/C47H86O15/c1-3-5-7-9-11-13-14-15-16-17-18-19-20-21-22-24-26-28-30-39(50)60-35(32-57-38(49)29-27-25-23-12-10-8-6-4-2)33-58-46-45(56)43(54)41(52)37(62-46)34-59-47-44(55)42(53)40(51)36(31-48)61-47/h16-17,35-37,40-48,51-56H,3-15,18-34H2,1-2H3/b17-16-. The smallest absolute Gasteiger partial charge is 0.306 e. The van der Waals surface area contributed by atoms with E-state index < -0.39 is 92.7 Å². The molecule has 2 rings (SSSR count). The normalized spacial score (nSPS) is 27.1. The molecule has 15 nitrogen and oxygen atoms in total. The summed E-state index contributed by atoms with van der Waals surface area (Å²) in [5.74, 6) is -0.929. The van der Waals surface area contributed by atoms with Crippen molar-refractivity contribution < 1.29 is 73.8 Å². The summed E-state index contributed by atoms with van der Waals surface area (Å²) < 4.78 is 33.4. The second-order valence-corrected chi connectivity index (χ2v) is 17.3. The Bertz CT molecular complexity index is 1140. The highest BCUT2D eigenvalue weighted by Crippen LogP contribution is 2.26. The zero-order valence-electron chi connectivity index (χ0n) is 38.1. The van der Waals surface area contributed by atoms with Crippen LogP contribution in [0.2, 0.25) is 0 Å². The second-order valence-electron chi connectivity index (χ2n) is 17.3. The number of aliphatic hydroxyl groups excluding tert-OH is 7. The van der Waals surface area contributed by atoms with Crippen LogP contribution in [0.25, 0.3) is 0 Å². The maximum absolute atomic E-state index is 12.9. The van der Waals surface area contributed by atoms with Gasteiger partial charge in [-0.2, -0.15) is 0 Å². The Morgan fingerprint density at radius 3 is 1.42 bits per heavy atom. The van der Waals surface area contributed by atoms with Crippen LogP contribution in [-0.4, -0.2) is 142 Å². The topological polar surface area (TPSA) is 231 Å². The highest BCUT2D eigenvalue weighted by Gasteiger charge is 2.47. The summed E-state index contributed by atoms with van der Waals surface area (Å²) in [4.78, 5) is 25.6. The minimum Gasteiger partial charge on any atom is -0.462 e. The molecule has 15 heteroatoms. The Hall–Kier alpha value is -1.76. The zero-order valence-corrected chi connectivity index (χ0v) is 38.1. The van der Waals surface area contributed by atoms with Gasteiger partial charge < -0.3 is 64.2 Å². The molecule has 11 unspecified atom stereocenters. The molecule has 0 aliphatic carbocycles. The van der Waals surface area contributed by atoms with E-state index in [9.17, 15) is 45.3 Å². The van der Waals surface area contributed by atoms with Gasteiger partial charge in [0.05, 0.1) is 19.8 Å². The molecule has 0 radical (unpaired) electrons. The monoisotopic (exact) mass is 891 g/mol. The molecule has 2 saturated heterocycles. The summed E-state index contributed by atoms with van der Waals surface area (Å²) >= 11 is 0. The lowest BCUT2D eigenvalue weighted by atomic mass is 9.98. The molecule has 364 valence electrons. The van der Waals surface area contributed by atoms with E-state index in [0.717, 1.165) is 51.4 Å². The van der Waals surface area contributed by atoms with Gasteiger partial charge in [0.1, 0.15) is 55.4 Å². The van der Waals surface area contributed by atoms with Gasteiger partial charge in [0.15, 0.2) is 18.7 Å².